The van der Waals surface area contributed by atoms with Gasteiger partial charge in [0.2, 0.25) is 17.7 Å². The van der Waals surface area contributed by atoms with Crippen LogP contribution in [0.4, 0.5) is 33.3 Å². The van der Waals surface area contributed by atoms with E-state index in [0.717, 1.165) is 12.5 Å². The lowest BCUT2D eigenvalue weighted by Gasteiger charge is -2.26. The molecule has 0 bridgehead atoms. The Morgan fingerprint density at radius 3 is 2.11 bits per heavy atom. The molecule has 2 N–H and O–H groups in total. The molecule has 1 aliphatic heterocycles. The van der Waals surface area contributed by atoms with Crippen molar-refractivity contribution in [3.63, 3.8) is 0 Å². The molecule has 2 aromatic carbocycles. The summed E-state index contributed by atoms with van der Waals surface area (Å²) in [6.07, 6.45) is -5.88. The van der Waals surface area contributed by atoms with E-state index < -0.39 is 54.2 Å². The molecule has 0 fully saturated rings. The van der Waals surface area contributed by atoms with Crippen molar-refractivity contribution in [1.82, 2.24) is 10.6 Å². The summed E-state index contributed by atoms with van der Waals surface area (Å²) in [6.45, 7) is -0.00561. The van der Waals surface area contributed by atoms with Crippen molar-refractivity contribution in [2.45, 2.75) is 38.5 Å². The predicted octanol–water partition coefficient (Wildman–Crippen LogP) is 3.02. The molecule has 0 saturated carbocycles. The quantitative estimate of drug-likeness (QED) is 0.417. The fourth-order valence-electron chi connectivity index (χ4n) is 3.79. The van der Waals surface area contributed by atoms with Gasteiger partial charge in [0.05, 0.1) is 31.0 Å². The van der Waals surface area contributed by atoms with Gasteiger partial charge in [-0.05, 0) is 24.6 Å². The summed E-state index contributed by atoms with van der Waals surface area (Å²) in [4.78, 5) is 53.7. The number of para-hydroxylation sites is 2. The highest BCUT2D eigenvalue weighted by Gasteiger charge is 2.57. The summed E-state index contributed by atoms with van der Waals surface area (Å²) in [5.74, 6) is -10.4. The SMILES string of the molecule is CC(=O)N1CC(NC(=O)C(C)C(=O)NCC(F)(F)C(F)(F)F)C(=O)N(Cc2ccccc2)c2ccccc21. The van der Waals surface area contributed by atoms with Crippen LogP contribution in [0, 0.1) is 5.92 Å². The van der Waals surface area contributed by atoms with Gasteiger partial charge in [0.1, 0.15) is 12.0 Å². The molecule has 0 saturated heterocycles. The second kappa shape index (κ2) is 11.2. The maximum absolute atomic E-state index is 13.6. The average molecular weight is 540 g/mol. The van der Waals surface area contributed by atoms with Crippen molar-refractivity contribution in [2.24, 2.45) is 5.92 Å². The summed E-state index contributed by atoms with van der Waals surface area (Å²) in [5.41, 5.74) is 1.55. The van der Waals surface area contributed by atoms with E-state index in [2.05, 4.69) is 5.32 Å². The van der Waals surface area contributed by atoms with Crippen LogP contribution in [0.15, 0.2) is 54.6 Å². The van der Waals surface area contributed by atoms with Gasteiger partial charge in [-0.15, -0.1) is 0 Å². The third-order valence-corrected chi connectivity index (χ3v) is 5.96. The number of rotatable bonds is 7. The average Bonchev–Trinajstić information content (AvgIpc) is 2.97. The molecule has 1 heterocycles. The lowest BCUT2D eigenvalue weighted by atomic mass is 10.1. The Morgan fingerprint density at radius 1 is 0.947 bits per heavy atom. The third kappa shape index (κ3) is 6.26. The van der Waals surface area contributed by atoms with Crippen molar-refractivity contribution in [3.05, 3.63) is 60.2 Å². The summed E-state index contributed by atoms with van der Waals surface area (Å²) in [5, 5.41) is 3.78. The second-order valence-corrected chi connectivity index (χ2v) is 8.73. The van der Waals surface area contributed by atoms with Crippen LogP contribution in [-0.4, -0.2) is 54.9 Å². The molecule has 4 amide bonds. The summed E-state index contributed by atoms with van der Waals surface area (Å²) in [7, 11) is 0. The van der Waals surface area contributed by atoms with Crippen LogP contribution in [-0.2, 0) is 25.7 Å². The van der Waals surface area contributed by atoms with Crippen LogP contribution in [0.25, 0.3) is 0 Å². The minimum Gasteiger partial charge on any atom is -0.349 e. The zero-order valence-corrected chi connectivity index (χ0v) is 20.4. The summed E-state index contributed by atoms with van der Waals surface area (Å²) in [6, 6.07) is 14.1. The Kier molecular flexibility index (Phi) is 8.38. The van der Waals surface area contributed by atoms with Gasteiger partial charge in [0.25, 0.3) is 5.91 Å². The van der Waals surface area contributed by atoms with E-state index in [9.17, 15) is 41.1 Å². The van der Waals surface area contributed by atoms with Gasteiger partial charge in [0.15, 0.2) is 0 Å². The van der Waals surface area contributed by atoms with Gasteiger partial charge in [0, 0.05) is 6.92 Å². The van der Waals surface area contributed by atoms with Gasteiger partial charge in [-0.3, -0.25) is 19.2 Å². The molecule has 1 aliphatic rings. The smallest absolute Gasteiger partial charge is 0.349 e. The van der Waals surface area contributed by atoms with Gasteiger partial charge < -0.3 is 20.4 Å². The van der Waals surface area contributed by atoms with Crippen LogP contribution < -0.4 is 20.4 Å². The number of hydrogen-bond acceptors (Lipinski definition) is 4. The number of carbonyl (C=O) groups is 4. The number of halogens is 5. The molecule has 0 aliphatic carbocycles. The Labute approximate surface area is 214 Å². The predicted molar refractivity (Wildman–Crippen MR) is 127 cm³/mol. The zero-order chi connectivity index (χ0) is 28.3. The number of nitrogens with zero attached hydrogens (tertiary/aromatic N) is 2. The number of fused-ring (bicyclic) bond motifs is 1. The molecule has 0 aromatic heterocycles. The lowest BCUT2D eigenvalue weighted by molar-refractivity contribution is -0.278. The maximum atomic E-state index is 13.6. The highest BCUT2D eigenvalue weighted by molar-refractivity contribution is 6.08. The van der Waals surface area contributed by atoms with E-state index in [4.69, 9.17) is 0 Å². The lowest BCUT2D eigenvalue weighted by Crippen LogP contribution is -2.55. The largest absolute Gasteiger partial charge is 0.455 e. The number of anilines is 2. The molecule has 3 rings (SSSR count). The van der Waals surface area contributed by atoms with Crippen LogP contribution in [0.1, 0.15) is 19.4 Å². The van der Waals surface area contributed by atoms with Crippen molar-refractivity contribution >= 4 is 35.0 Å². The van der Waals surface area contributed by atoms with E-state index in [1.165, 1.54) is 22.0 Å². The fourth-order valence-corrected chi connectivity index (χ4v) is 3.79. The van der Waals surface area contributed by atoms with Gasteiger partial charge in [-0.25, -0.2) is 0 Å². The number of carbonyl (C=O) groups excluding carboxylic acids is 4. The molecule has 2 unspecified atom stereocenters. The standard InChI is InChI=1S/C25H25F5N4O4/c1-15(21(36)31-14-24(26,27)25(28,29)30)22(37)32-18-13-33(16(2)35)19-10-6-7-11-20(19)34(23(18)38)12-17-8-4-3-5-9-17/h3-11,15,18H,12-14H2,1-2H3,(H,31,36)(H,32,37). The Morgan fingerprint density at radius 2 is 1.53 bits per heavy atom. The number of hydrogen-bond donors (Lipinski definition) is 2. The minimum atomic E-state index is -5.88. The zero-order valence-electron chi connectivity index (χ0n) is 20.4. The molecular weight excluding hydrogens is 515 g/mol. The van der Waals surface area contributed by atoms with E-state index in [1.807, 2.05) is 0 Å². The van der Waals surface area contributed by atoms with Gasteiger partial charge in [-0.2, -0.15) is 22.0 Å². The topological polar surface area (TPSA) is 98.8 Å². The van der Waals surface area contributed by atoms with Crippen LogP contribution in [0.2, 0.25) is 0 Å². The number of alkyl halides is 5. The molecule has 13 heteroatoms. The number of amides is 4. The Bertz CT molecular complexity index is 1210. The Balaban J connectivity index is 1.84. The van der Waals surface area contributed by atoms with E-state index in [-0.39, 0.29) is 13.1 Å². The first-order valence-electron chi connectivity index (χ1n) is 11.5. The molecule has 0 spiro atoms. The first kappa shape index (κ1) is 28.5. The van der Waals surface area contributed by atoms with Gasteiger partial charge >= 0.3 is 12.1 Å². The second-order valence-electron chi connectivity index (χ2n) is 8.73. The van der Waals surface area contributed by atoms with Gasteiger partial charge in [-0.1, -0.05) is 42.5 Å². The number of nitrogens with one attached hydrogen (secondary N) is 2. The summed E-state index contributed by atoms with van der Waals surface area (Å²) < 4.78 is 63.5. The van der Waals surface area contributed by atoms with E-state index >= 15 is 0 Å². The Hall–Kier alpha value is -4.03. The molecular formula is C25H25F5N4O4. The van der Waals surface area contributed by atoms with Crippen LogP contribution >= 0.6 is 0 Å². The van der Waals surface area contributed by atoms with Crippen molar-refractivity contribution in [2.75, 3.05) is 22.9 Å². The van der Waals surface area contributed by atoms with E-state index in [0.29, 0.717) is 11.4 Å². The van der Waals surface area contributed by atoms with Crippen LogP contribution in [0.3, 0.4) is 0 Å². The highest BCUT2D eigenvalue weighted by atomic mass is 19.4. The van der Waals surface area contributed by atoms with Crippen LogP contribution in [0.5, 0.6) is 0 Å². The minimum absolute atomic E-state index is 0.0807. The number of benzene rings is 2. The van der Waals surface area contributed by atoms with Crippen molar-refractivity contribution < 1.29 is 41.1 Å². The summed E-state index contributed by atoms with van der Waals surface area (Å²) >= 11 is 0. The van der Waals surface area contributed by atoms with Crippen molar-refractivity contribution in [3.8, 4) is 0 Å². The highest BCUT2D eigenvalue weighted by Crippen LogP contribution is 2.35. The van der Waals surface area contributed by atoms with E-state index in [1.54, 1.807) is 54.6 Å². The molecule has 8 nitrogen and oxygen atoms in total. The molecule has 38 heavy (non-hydrogen) atoms. The third-order valence-electron chi connectivity index (χ3n) is 5.96. The van der Waals surface area contributed by atoms with Crippen molar-refractivity contribution in [1.29, 1.82) is 0 Å². The monoisotopic (exact) mass is 540 g/mol. The molecule has 2 aromatic rings. The molecule has 2 atom stereocenters. The molecule has 0 radical (unpaired) electrons. The molecule has 204 valence electrons. The maximum Gasteiger partial charge on any atom is 0.455 e. The first-order valence-corrected chi connectivity index (χ1v) is 11.5. The first-order chi connectivity index (χ1) is 17.7. The fraction of sp³-hybridized carbons (Fsp3) is 0.360. The normalized spacial score (nSPS) is 16.8.